The monoisotopic (exact) mass is 416 g/mol. The first kappa shape index (κ1) is 17.8. The molecule has 2 aliphatic rings. The van der Waals surface area contributed by atoms with Gasteiger partial charge in [-0.3, -0.25) is 4.79 Å². The number of carbonyl (C=O) groups is 1. The minimum Gasteiger partial charge on any atom is -0.339 e. The maximum Gasteiger partial charge on any atom is 0.252 e. The molecule has 128 valence electrons. The van der Waals surface area contributed by atoms with Gasteiger partial charge >= 0.3 is 0 Å². The lowest BCUT2D eigenvalue weighted by atomic mass is 10.1. The minimum atomic E-state index is -3.56. The lowest BCUT2D eigenvalue weighted by molar-refractivity contribution is -0.137. The van der Waals surface area contributed by atoms with Crippen molar-refractivity contribution in [2.24, 2.45) is 5.41 Å². The smallest absolute Gasteiger partial charge is 0.252 e. The van der Waals surface area contributed by atoms with Crippen LogP contribution in [0.3, 0.4) is 0 Å². The molecule has 1 saturated heterocycles. The Balaban J connectivity index is 1.66. The summed E-state index contributed by atoms with van der Waals surface area (Å²) in [5.41, 5.74) is -0.765. The van der Waals surface area contributed by atoms with Crippen LogP contribution in [0.5, 0.6) is 0 Å². The molecule has 0 radical (unpaired) electrons. The Bertz CT molecular complexity index is 741. The number of thiophene rings is 1. The highest BCUT2D eigenvalue weighted by molar-refractivity contribution is 7.91. The number of carbonyl (C=O) groups excluding carboxylic acids is 1. The van der Waals surface area contributed by atoms with Crippen molar-refractivity contribution in [1.29, 1.82) is 0 Å². The molecule has 1 atom stereocenters. The Kier molecular flexibility index (Phi) is 4.44. The van der Waals surface area contributed by atoms with Gasteiger partial charge in [-0.2, -0.15) is 4.31 Å². The number of alkyl halides is 2. The molecule has 2 fully saturated rings. The number of nitrogens with zero attached hydrogens (tertiary/aromatic N) is 2. The van der Waals surface area contributed by atoms with E-state index in [0.29, 0.717) is 23.8 Å². The maximum atomic E-state index is 12.5. The van der Waals surface area contributed by atoms with E-state index in [1.54, 1.807) is 17.9 Å². The van der Waals surface area contributed by atoms with Gasteiger partial charge in [0.2, 0.25) is 5.91 Å². The highest BCUT2D eigenvalue weighted by Crippen LogP contribution is 2.64. The molecule has 23 heavy (non-hydrogen) atoms. The van der Waals surface area contributed by atoms with E-state index in [1.807, 2.05) is 0 Å². The number of hydrogen-bond donors (Lipinski definition) is 0. The van der Waals surface area contributed by atoms with Gasteiger partial charge < -0.3 is 4.90 Å². The van der Waals surface area contributed by atoms with Crippen molar-refractivity contribution in [3.05, 3.63) is 16.5 Å². The Labute approximate surface area is 154 Å². The predicted molar refractivity (Wildman–Crippen MR) is 91.8 cm³/mol. The van der Waals surface area contributed by atoms with E-state index in [1.165, 1.54) is 10.4 Å². The predicted octanol–water partition coefficient (Wildman–Crippen LogP) is 2.82. The summed E-state index contributed by atoms with van der Waals surface area (Å²) in [6.45, 7) is 2.90. The van der Waals surface area contributed by atoms with Crippen LogP contribution in [0.1, 0.15) is 13.3 Å². The zero-order valence-corrected chi connectivity index (χ0v) is 16.2. The second-order valence-electron chi connectivity index (χ2n) is 5.97. The van der Waals surface area contributed by atoms with Gasteiger partial charge in [0.05, 0.1) is 9.75 Å². The summed E-state index contributed by atoms with van der Waals surface area (Å²) in [6.07, 6.45) is 0.425. The van der Waals surface area contributed by atoms with Crippen LogP contribution < -0.4 is 0 Å². The Hall–Kier alpha value is -0.0500. The van der Waals surface area contributed by atoms with Crippen LogP contribution in [0, 0.1) is 5.41 Å². The van der Waals surface area contributed by atoms with Gasteiger partial charge in [-0.1, -0.05) is 11.6 Å². The molecule has 1 aromatic rings. The highest BCUT2D eigenvalue weighted by Gasteiger charge is 2.68. The van der Waals surface area contributed by atoms with Gasteiger partial charge in [0.1, 0.15) is 8.54 Å². The second kappa shape index (κ2) is 5.75. The van der Waals surface area contributed by atoms with Gasteiger partial charge in [-0.05, 0) is 25.5 Å². The molecule has 1 aliphatic heterocycles. The average Bonchev–Trinajstić information content (AvgIpc) is 2.83. The van der Waals surface area contributed by atoms with Crippen molar-refractivity contribution in [2.45, 2.75) is 21.9 Å². The van der Waals surface area contributed by atoms with Crippen molar-refractivity contribution in [1.82, 2.24) is 9.21 Å². The third-order valence-corrected chi connectivity index (χ3v) is 9.10. The molecule has 10 heteroatoms. The van der Waals surface area contributed by atoms with Crippen molar-refractivity contribution in [3.8, 4) is 0 Å². The molecule has 0 aromatic carbocycles. The summed E-state index contributed by atoms with van der Waals surface area (Å²) in [7, 11) is -3.56. The van der Waals surface area contributed by atoms with Gasteiger partial charge in [0.15, 0.2) is 0 Å². The quantitative estimate of drug-likeness (QED) is 0.711. The van der Waals surface area contributed by atoms with Crippen molar-refractivity contribution in [3.63, 3.8) is 0 Å². The lowest BCUT2D eigenvalue weighted by Gasteiger charge is -2.35. The van der Waals surface area contributed by atoms with E-state index < -0.39 is 19.8 Å². The van der Waals surface area contributed by atoms with Crippen LogP contribution in [0.25, 0.3) is 0 Å². The molecule has 1 aliphatic carbocycles. The normalized spacial score (nSPS) is 27.9. The molecule has 5 nitrogen and oxygen atoms in total. The zero-order valence-electron chi connectivity index (χ0n) is 12.3. The molecule has 0 N–H and O–H groups in total. The zero-order chi connectivity index (χ0) is 17.0. The van der Waals surface area contributed by atoms with E-state index in [2.05, 4.69) is 0 Å². The van der Waals surface area contributed by atoms with Gasteiger partial charge in [-0.15, -0.1) is 34.5 Å². The summed E-state index contributed by atoms with van der Waals surface area (Å²) < 4.78 is 26.1. The highest BCUT2D eigenvalue weighted by atomic mass is 35.5. The van der Waals surface area contributed by atoms with Gasteiger partial charge in [0, 0.05) is 26.2 Å². The van der Waals surface area contributed by atoms with Crippen molar-refractivity contribution in [2.75, 3.05) is 26.2 Å². The standard InChI is InChI=1S/C13H15Cl3N2O3S2/c1-12(8-13(12,15)16)11(19)17-4-6-18(7-5-17)23(20,21)10-3-2-9(14)22-10/h2-3H,4-8H2,1H3/t12-/m0/s1. The van der Waals surface area contributed by atoms with E-state index in [9.17, 15) is 13.2 Å². The van der Waals surface area contributed by atoms with E-state index >= 15 is 0 Å². The van der Waals surface area contributed by atoms with Crippen LogP contribution in [-0.4, -0.2) is 54.0 Å². The summed E-state index contributed by atoms with van der Waals surface area (Å²) in [5.74, 6) is -0.112. The second-order valence-corrected chi connectivity index (χ2v) is 11.3. The van der Waals surface area contributed by atoms with Gasteiger partial charge in [0.25, 0.3) is 10.0 Å². The topological polar surface area (TPSA) is 57.7 Å². The summed E-state index contributed by atoms with van der Waals surface area (Å²) >= 11 is 18.9. The first-order valence-electron chi connectivity index (χ1n) is 7.01. The van der Waals surface area contributed by atoms with E-state index in [4.69, 9.17) is 34.8 Å². The van der Waals surface area contributed by atoms with Crippen LogP contribution >= 0.6 is 46.1 Å². The largest absolute Gasteiger partial charge is 0.339 e. The fourth-order valence-electron chi connectivity index (χ4n) is 2.68. The Morgan fingerprint density at radius 2 is 1.78 bits per heavy atom. The SMILES string of the molecule is C[C@@]1(C(=O)N2CCN(S(=O)(=O)c3ccc(Cl)s3)CC2)CC1(Cl)Cl. The van der Waals surface area contributed by atoms with E-state index in [-0.39, 0.29) is 23.2 Å². The number of piperazine rings is 1. The molecule has 2 heterocycles. The molecular formula is C13H15Cl3N2O3S2. The van der Waals surface area contributed by atoms with Crippen LogP contribution in [0.15, 0.2) is 16.3 Å². The van der Waals surface area contributed by atoms with E-state index in [0.717, 1.165) is 11.3 Å². The molecule has 0 spiro atoms. The van der Waals surface area contributed by atoms with Crippen LogP contribution in [0.2, 0.25) is 4.34 Å². The fourth-order valence-corrected chi connectivity index (χ4v) is 6.43. The maximum absolute atomic E-state index is 12.5. The van der Waals surface area contributed by atoms with Crippen molar-refractivity contribution >= 4 is 62.1 Å². The Morgan fingerprint density at radius 1 is 1.22 bits per heavy atom. The fraction of sp³-hybridized carbons (Fsp3) is 0.615. The first-order chi connectivity index (χ1) is 10.6. The number of rotatable bonds is 3. The number of sulfonamides is 1. The third kappa shape index (κ3) is 3.00. The molecule has 0 bridgehead atoms. The molecule has 1 saturated carbocycles. The molecule has 1 aromatic heterocycles. The molecule has 3 rings (SSSR count). The van der Waals surface area contributed by atoms with Crippen molar-refractivity contribution < 1.29 is 13.2 Å². The summed E-state index contributed by atoms with van der Waals surface area (Å²) in [5, 5.41) is 0. The Morgan fingerprint density at radius 3 is 2.22 bits per heavy atom. The summed E-state index contributed by atoms with van der Waals surface area (Å²) in [4.78, 5) is 14.1. The summed E-state index contributed by atoms with van der Waals surface area (Å²) in [6, 6.07) is 3.06. The molecule has 1 amide bonds. The third-order valence-electron chi connectivity index (χ3n) is 4.40. The van der Waals surface area contributed by atoms with Gasteiger partial charge in [-0.25, -0.2) is 8.42 Å². The van der Waals surface area contributed by atoms with Crippen LogP contribution in [0.4, 0.5) is 0 Å². The number of amides is 1. The first-order valence-corrected chi connectivity index (χ1v) is 10.4. The minimum absolute atomic E-state index is 0.112. The average molecular weight is 418 g/mol. The number of hydrogen-bond acceptors (Lipinski definition) is 4. The van der Waals surface area contributed by atoms with Crippen LogP contribution in [-0.2, 0) is 14.8 Å². The molecular weight excluding hydrogens is 403 g/mol. The molecule has 0 unspecified atom stereocenters. The number of halogens is 3. The lowest BCUT2D eigenvalue weighted by Crippen LogP contribution is -2.52.